The fraction of sp³-hybridized carbons (Fsp3) is 0.364. The topological polar surface area (TPSA) is 76.3 Å². The summed E-state index contributed by atoms with van der Waals surface area (Å²) in [5.41, 5.74) is 6.05. The molecule has 2 heterocycles. The molecule has 0 aliphatic carbocycles. The summed E-state index contributed by atoms with van der Waals surface area (Å²) in [6, 6.07) is 3.84. The van der Waals surface area contributed by atoms with Gasteiger partial charge in [-0.2, -0.15) is 4.31 Å². The molecule has 104 valence electrons. The lowest BCUT2D eigenvalue weighted by molar-refractivity contribution is 0.427. The predicted octanol–water partition coefficient (Wildman–Crippen LogP) is 2.31. The third-order valence-corrected chi connectivity index (χ3v) is 6.97. The van der Waals surface area contributed by atoms with Crippen molar-refractivity contribution in [3.8, 4) is 0 Å². The van der Waals surface area contributed by atoms with Crippen LogP contribution in [0.1, 0.15) is 17.5 Å². The molecule has 0 saturated heterocycles. The van der Waals surface area contributed by atoms with Gasteiger partial charge in [-0.15, -0.1) is 11.3 Å². The standard InChI is InChI=1S/C11H15N3O2S3/c1-3-14(7-9-5-4-6-17-9)19(15,16)10-8(2)13-11(12)18-10/h4-6H,3,7H2,1-2H3,(H2,12,13). The third kappa shape index (κ3) is 2.97. The van der Waals surface area contributed by atoms with Gasteiger partial charge >= 0.3 is 0 Å². The zero-order valence-corrected chi connectivity index (χ0v) is 13.1. The van der Waals surface area contributed by atoms with Gasteiger partial charge in [0.25, 0.3) is 10.0 Å². The van der Waals surface area contributed by atoms with Crippen LogP contribution >= 0.6 is 22.7 Å². The number of aryl methyl sites for hydroxylation is 1. The van der Waals surface area contributed by atoms with Gasteiger partial charge in [0, 0.05) is 18.0 Å². The van der Waals surface area contributed by atoms with Gasteiger partial charge in [-0.1, -0.05) is 24.3 Å². The summed E-state index contributed by atoms with van der Waals surface area (Å²) in [5, 5.41) is 2.22. The second-order valence-corrected chi connectivity index (χ2v) is 8.13. The SMILES string of the molecule is CCN(Cc1cccs1)S(=O)(=O)c1sc(N)nc1C. The summed E-state index contributed by atoms with van der Waals surface area (Å²) in [7, 11) is -3.52. The van der Waals surface area contributed by atoms with E-state index in [0.717, 1.165) is 16.2 Å². The van der Waals surface area contributed by atoms with E-state index in [1.165, 1.54) is 4.31 Å². The Hall–Kier alpha value is -0.960. The summed E-state index contributed by atoms with van der Waals surface area (Å²) in [6.45, 7) is 4.29. The van der Waals surface area contributed by atoms with E-state index in [1.54, 1.807) is 18.3 Å². The fourth-order valence-corrected chi connectivity index (χ4v) is 5.37. The summed E-state index contributed by atoms with van der Waals surface area (Å²) in [4.78, 5) is 5.00. The van der Waals surface area contributed by atoms with Crippen LogP contribution in [-0.4, -0.2) is 24.3 Å². The zero-order valence-electron chi connectivity index (χ0n) is 10.7. The first-order chi connectivity index (χ1) is 8.95. The van der Waals surface area contributed by atoms with Crippen molar-refractivity contribution in [3.63, 3.8) is 0 Å². The predicted molar refractivity (Wildman–Crippen MR) is 78.9 cm³/mol. The second kappa shape index (κ2) is 5.58. The molecule has 0 radical (unpaired) electrons. The van der Waals surface area contributed by atoms with Crippen LogP contribution in [0.5, 0.6) is 0 Å². The molecular formula is C11H15N3O2S3. The minimum Gasteiger partial charge on any atom is -0.375 e. The van der Waals surface area contributed by atoms with Crippen molar-refractivity contribution in [2.45, 2.75) is 24.6 Å². The first-order valence-corrected chi connectivity index (χ1v) is 8.84. The van der Waals surface area contributed by atoms with Crippen LogP contribution in [0, 0.1) is 6.92 Å². The lowest BCUT2D eigenvalue weighted by Gasteiger charge is -2.18. The Morgan fingerprint density at radius 3 is 2.68 bits per heavy atom. The van der Waals surface area contributed by atoms with Gasteiger partial charge in [0.2, 0.25) is 0 Å². The van der Waals surface area contributed by atoms with Crippen molar-refractivity contribution in [2.24, 2.45) is 0 Å². The normalized spacial score (nSPS) is 12.2. The molecule has 0 aliphatic heterocycles. The Balaban J connectivity index is 2.33. The van der Waals surface area contributed by atoms with E-state index in [1.807, 2.05) is 24.4 Å². The van der Waals surface area contributed by atoms with Crippen molar-refractivity contribution in [1.29, 1.82) is 0 Å². The smallest absolute Gasteiger partial charge is 0.254 e. The monoisotopic (exact) mass is 317 g/mol. The molecular weight excluding hydrogens is 302 g/mol. The van der Waals surface area contributed by atoms with Crippen molar-refractivity contribution in [2.75, 3.05) is 12.3 Å². The summed E-state index contributed by atoms with van der Waals surface area (Å²) >= 11 is 2.56. The fourth-order valence-electron chi connectivity index (χ4n) is 1.70. The molecule has 2 aromatic heterocycles. The van der Waals surface area contributed by atoms with Crippen LogP contribution in [0.4, 0.5) is 5.13 Å². The first kappa shape index (κ1) is 14.4. The molecule has 2 rings (SSSR count). The number of sulfonamides is 1. The number of aromatic nitrogens is 1. The molecule has 2 aromatic rings. The molecule has 8 heteroatoms. The number of nitrogens with zero attached hydrogens (tertiary/aromatic N) is 2. The molecule has 0 unspecified atom stereocenters. The van der Waals surface area contributed by atoms with Gasteiger partial charge in [-0.05, 0) is 18.4 Å². The van der Waals surface area contributed by atoms with Crippen LogP contribution in [0.15, 0.2) is 21.7 Å². The molecule has 0 fully saturated rings. The summed E-state index contributed by atoms with van der Waals surface area (Å²) in [5.74, 6) is 0. The van der Waals surface area contributed by atoms with Crippen LogP contribution < -0.4 is 5.73 Å². The van der Waals surface area contributed by atoms with Crippen LogP contribution in [0.3, 0.4) is 0 Å². The number of rotatable bonds is 5. The molecule has 0 saturated carbocycles. The molecule has 0 bridgehead atoms. The van der Waals surface area contributed by atoms with Crippen molar-refractivity contribution in [1.82, 2.24) is 9.29 Å². The van der Waals surface area contributed by atoms with E-state index in [9.17, 15) is 8.42 Å². The number of hydrogen-bond acceptors (Lipinski definition) is 6. The number of thiazole rings is 1. The van der Waals surface area contributed by atoms with Gasteiger partial charge in [0.1, 0.15) is 0 Å². The van der Waals surface area contributed by atoms with E-state index in [4.69, 9.17) is 5.73 Å². The third-order valence-electron chi connectivity index (χ3n) is 2.61. The maximum atomic E-state index is 12.6. The Kier molecular flexibility index (Phi) is 4.24. The number of anilines is 1. The van der Waals surface area contributed by atoms with Crippen molar-refractivity contribution in [3.05, 3.63) is 28.1 Å². The average Bonchev–Trinajstić information content (AvgIpc) is 2.95. The van der Waals surface area contributed by atoms with Crippen molar-refractivity contribution >= 4 is 37.8 Å². The number of nitrogens with two attached hydrogens (primary N) is 1. The highest BCUT2D eigenvalue weighted by atomic mass is 32.2. The molecule has 0 aliphatic rings. The lowest BCUT2D eigenvalue weighted by atomic mass is 10.4. The Morgan fingerprint density at radius 1 is 1.47 bits per heavy atom. The van der Waals surface area contributed by atoms with Gasteiger partial charge in [-0.25, -0.2) is 13.4 Å². The Labute approximate surface area is 120 Å². The lowest BCUT2D eigenvalue weighted by Crippen LogP contribution is -2.30. The molecule has 0 spiro atoms. The van der Waals surface area contributed by atoms with E-state index < -0.39 is 10.0 Å². The molecule has 0 atom stereocenters. The van der Waals surface area contributed by atoms with E-state index in [2.05, 4.69) is 4.98 Å². The summed E-state index contributed by atoms with van der Waals surface area (Å²) < 4.78 is 26.8. The molecule has 0 amide bonds. The van der Waals surface area contributed by atoms with Gasteiger partial charge in [0.15, 0.2) is 9.34 Å². The van der Waals surface area contributed by atoms with Crippen LogP contribution in [-0.2, 0) is 16.6 Å². The molecule has 5 nitrogen and oxygen atoms in total. The largest absolute Gasteiger partial charge is 0.375 e. The van der Waals surface area contributed by atoms with Crippen molar-refractivity contribution < 1.29 is 8.42 Å². The summed E-state index contributed by atoms with van der Waals surface area (Å²) in [6.07, 6.45) is 0. The van der Waals surface area contributed by atoms with Crippen LogP contribution in [0.2, 0.25) is 0 Å². The maximum absolute atomic E-state index is 12.6. The second-order valence-electron chi connectivity index (χ2n) is 3.94. The molecule has 2 N–H and O–H groups in total. The average molecular weight is 317 g/mol. The molecule has 19 heavy (non-hydrogen) atoms. The highest BCUT2D eigenvalue weighted by molar-refractivity contribution is 7.91. The van der Waals surface area contributed by atoms with E-state index in [0.29, 0.717) is 18.8 Å². The highest BCUT2D eigenvalue weighted by Gasteiger charge is 2.28. The Bertz CT molecular complexity index is 647. The van der Waals surface area contributed by atoms with E-state index in [-0.39, 0.29) is 9.34 Å². The van der Waals surface area contributed by atoms with Gasteiger partial charge in [-0.3, -0.25) is 0 Å². The number of hydrogen-bond donors (Lipinski definition) is 1. The highest BCUT2D eigenvalue weighted by Crippen LogP contribution is 2.29. The van der Waals surface area contributed by atoms with Crippen LogP contribution in [0.25, 0.3) is 0 Å². The quantitative estimate of drug-likeness (QED) is 0.918. The zero-order chi connectivity index (χ0) is 14.0. The number of thiophene rings is 1. The van der Waals surface area contributed by atoms with E-state index >= 15 is 0 Å². The number of nitrogen functional groups attached to an aromatic ring is 1. The minimum absolute atomic E-state index is 0.239. The maximum Gasteiger partial charge on any atom is 0.254 e. The Morgan fingerprint density at radius 2 is 2.21 bits per heavy atom. The van der Waals surface area contributed by atoms with Gasteiger partial charge in [0.05, 0.1) is 5.69 Å². The molecule has 0 aromatic carbocycles. The van der Waals surface area contributed by atoms with Gasteiger partial charge < -0.3 is 5.73 Å². The first-order valence-electron chi connectivity index (χ1n) is 5.70. The minimum atomic E-state index is -3.52.